The van der Waals surface area contributed by atoms with Crippen LogP contribution in [0.3, 0.4) is 0 Å². The van der Waals surface area contributed by atoms with Gasteiger partial charge in [0.2, 0.25) is 5.91 Å². The molecule has 0 aromatic heterocycles. The molecule has 13 nitrogen and oxygen atoms in total. The molecule has 0 radical (unpaired) electrons. The topological polar surface area (TPSA) is 224 Å². The number of nitrogens with zero attached hydrogens (tertiary/aromatic N) is 1. The van der Waals surface area contributed by atoms with Crippen molar-refractivity contribution < 1.29 is 29.0 Å². The lowest BCUT2D eigenvalue weighted by Crippen LogP contribution is -2.53. The highest BCUT2D eigenvalue weighted by atomic mass is 16.5. The van der Waals surface area contributed by atoms with Gasteiger partial charge in [0.15, 0.2) is 11.7 Å². The zero-order valence-corrected chi connectivity index (χ0v) is 14.4. The van der Waals surface area contributed by atoms with E-state index in [0.717, 1.165) is 0 Å². The van der Waals surface area contributed by atoms with Crippen LogP contribution in [0.15, 0.2) is 28.8 Å². The van der Waals surface area contributed by atoms with Crippen molar-refractivity contribution in [1.82, 2.24) is 16.2 Å². The van der Waals surface area contributed by atoms with Crippen LogP contribution in [0.25, 0.3) is 0 Å². The number of aliphatic carboxylic acids is 1. The number of urea groups is 1. The van der Waals surface area contributed by atoms with Gasteiger partial charge in [0.25, 0.3) is 5.91 Å². The van der Waals surface area contributed by atoms with Crippen molar-refractivity contribution in [2.75, 3.05) is 7.11 Å². The van der Waals surface area contributed by atoms with Gasteiger partial charge in [-0.3, -0.25) is 25.1 Å². The van der Waals surface area contributed by atoms with E-state index in [0.29, 0.717) is 0 Å². The van der Waals surface area contributed by atoms with Crippen molar-refractivity contribution >= 4 is 29.8 Å². The number of carboxylic acid groups (broad SMARTS) is 1. The van der Waals surface area contributed by atoms with Crippen molar-refractivity contribution in [2.45, 2.75) is 24.6 Å². The summed E-state index contributed by atoms with van der Waals surface area (Å²) in [5, 5.41) is 10.9. The van der Waals surface area contributed by atoms with Crippen molar-refractivity contribution in [3.05, 3.63) is 23.8 Å². The molecule has 1 rings (SSSR count). The third-order valence-corrected chi connectivity index (χ3v) is 3.35. The molecule has 0 spiro atoms. The fourth-order valence-electron chi connectivity index (χ4n) is 2.11. The van der Waals surface area contributed by atoms with Gasteiger partial charge in [-0.2, -0.15) is 0 Å². The molecule has 0 aliphatic heterocycles. The van der Waals surface area contributed by atoms with Gasteiger partial charge in [-0.15, -0.1) is 0 Å². The number of hydrazine groups is 1. The standard InChI is InChI=1S/C14H21N7O6/c1-27-14(19-12(16)17)4-2-3-7(6-14)10(23)18-13(26)21-20-8(11(24)25)5-9(15)22/h2-4,8,20H,5-6H2,1H3,(H2,15,22)(H,24,25)(H4,16,17,19)(H2,18,21,23,26)/t8-,14?/m0/s1. The molecule has 0 saturated carbocycles. The summed E-state index contributed by atoms with van der Waals surface area (Å²) in [4.78, 5) is 49.6. The van der Waals surface area contributed by atoms with Gasteiger partial charge in [0.05, 0.1) is 6.42 Å². The van der Waals surface area contributed by atoms with E-state index in [-0.39, 0.29) is 18.0 Å². The molecule has 4 amide bonds. The summed E-state index contributed by atoms with van der Waals surface area (Å²) >= 11 is 0. The van der Waals surface area contributed by atoms with E-state index in [2.05, 4.69) is 10.4 Å². The van der Waals surface area contributed by atoms with Crippen LogP contribution in [-0.2, 0) is 19.1 Å². The van der Waals surface area contributed by atoms with Crippen molar-refractivity contribution in [3.8, 4) is 0 Å². The number of rotatable bonds is 8. The summed E-state index contributed by atoms with van der Waals surface area (Å²) in [5.41, 5.74) is 18.5. The number of nitrogens with one attached hydrogen (secondary N) is 3. The van der Waals surface area contributed by atoms with Crippen LogP contribution < -0.4 is 33.4 Å². The summed E-state index contributed by atoms with van der Waals surface area (Å²) in [6, 6.07) is -2.50. The van der Waals surface area contributed by atoms with Crippen LogP contribution in [0.4, 0.5) is 4.79 Å². The second-order valence-electron chi connectivity index (χ2n) is 5.43. The molecule has 0 aromatic rings. The largest absolute Gasteiger partial charge is 0.480 e. The number of methoxy groups -OCH3 is 1. The number of ether oxygens (including phenoxy) is 1. The molecule has 13 heteroatoms. The van der Waals surface area contributed by atoms with Crippen molar-refractivity contribution in [2.24, 2.45) is 22.2 Å². The van der Waals surface area contributed by atoms with Gasteiger partial charge in [-0.05, 0) is 6.08 Å². The first-order valence-corrected chi connectivity index (χ1v) is 7.51. The van der Waals surface area contributed by atoms with E-state index in [9.17, 15) is 19.2 Å². The van der Waals surface area contributed by atoms with Crippen LogP contribution in [0, 0.1) is 0 Å². The Kier molecular flexibility index (Phi) is 7.44. The minimum Gasteiger partial charge on any atom is -0.480 e. The van der Waals surface area contributed by atoms with E-state index >= 15 is 0 Å². The highest BCUT2D eigenvalue weighted by molar-refractivity contribution is 6.04. The summed E-state index contributed by atoms with van der Waals surface area (Å²) in [7, 11) is 1.35. The number of nitrogens with two attached hydrogens (primary N) is 3. The zero-order valence-electron chi connectivity index (χ0n) is 14.4. The maximum Gasteiger partial charge on any atom is 0.336 e. The summed E-state index contributed by atoms with van der Waals surface area (Å²) < 4.78 is 5.24. The molecule has 1 unspecified atom stereocenters. The first-order valence-electron chi connectivity index (χ1n) is 7.51. The Morgan fingerprint density at radius 1 is 1.33 bits per heavy atom. The molecule has 0 heterocycles. The number of carbonyl (C=O) groups is 4. The third-order valence-electron chi connectivity index (χ3n) is 3.35. The molecule has 0 saturated heterocycles. The van der Waals surface area contributed by atoms with E-state index in [4.69, 9.17) is 27.0 Å². The van der Waals surface area contributed by atoms with Gasteiger partial charge < -0.3 is 27.0 Å². The molecule has 27 heavy (non-hydrogen) atoms. The van der Waals surface area contributed by atoms with Crippen LogP contribution in [0.5, 0.6) is 0 Å². The lowest BCUT2D eigenvalue weighted by molar-refractivity contribution is -0.141. The Balaban J connectivity index is 2.68. The number of guanidine groups is 1. The number of carbonyl (C=O) groups excluding carboxylic acids is 3. The molecule has 10 N–H and O–H groups in total. The number of primary amides is 1. The van der Waals surface area contributed by atoms with E-state index in [1.165, 1.54) is 25.3 Å². The smallest absolute Gasteiger partial charge is 0.336 e. The number of allylic oxidation sites excluding steroid dienone is 2. The molecular formula is C14H21N7O6. The summed E-state index contributed by atoms with van der Waals surface area (Å²) in [6.07, 6.45) is 3.84. The van der Waals surface area contributed by atoms with Gasteiger partial charge in [0, 0.05) is 19.1 Å². The molecule has 0 bridgehead atoms. The SMILES string of the molecule is COC1(N=C(N)N)C=CC=C(C(=O)NC(=O)NN[C@@H](CC(N)=O)C(=O)O)C1. The lowest BCUT2D eigenvalue weighted by Gasteiger charge is -2.28. The quantitative estimate of drug-likeness (QED) is 0.130. The molecule has 1 aliphatic carbocycles. The average molecular weight is 383 g/mol. The Bertz CT molecular complexity index is 713. The summed E-state index contributed by atoms with van der Waals surface area (Å²) in [6.45, 7) is 0. The van der Waals surface area contributed by atoms with Crippen LogP contribution >= 0.6 is 0 Å². The Morgan fingerprint density at radius 3 is 2.52 bits per heavy atom. The van der Waals surface area contributed by atoms with Crippen LogP contribution in [0.1, 0.15) is 12.8 Å². The third kappa shape index (κ3) is 6.75. The van der Waals surface area contributed by atoms with Crippen LogP contribution in [0.2, 0.25) is 0 Å². The van der Waals surface area contributed by atoms with Gasteiger partial charge >= 0.3 is 12.0 Å². The first kappa shape index (κ1) is 21.6. The monoisotopic (exact) mass is 383 g/mol. The second kappa shape index (κ2) is 9.30. The maximum absolute atomic E-state index is 12.2. The molecule has 148 valence electrons. The predicted molar refractivity (Wildman–Crippen MR) is 92.4 cm³/mol. The van der Waals surface area contributed by atoms with Gasteiger partial charge in [-0.25, -0.2) is 15.2 Å². The van der Waals surface area contributed by atoms with Crippen molar-refractivity contribution in [3.63, 3.8) is 0 Å². The maximum atomic E-state index is 12.2. The zero-order chi connectivity index (χ0) is 20.6. The molecular weight excluding hydrogens is 362 g/mol. The van der Waals surface area contributed by atoms with Gasteiger partial charge in [-0.1, -0.05) is 12.2 Å². The van der Waals surface area contributed by atoms with E-state index < -0.39 is 42.0 Å². The first-order chi connectivity index (χ1) is 12.6. The number of imide groups is 1. The molecule has 1 aliphatic rings. The molecule has 0 aromatic carbocycles. The second-order valence-corrected chi connectivity index (χ2v) is 5.43. The van der Waals surface area contributed by atoms with E-state index in [1.54, 1.807) is 0 Å². The Labute approximate surface area is 153 Å². The highest BCUT2D eigenvalue weighted by Gasteiger charge is 2.32. The minimum absolute atomic E-state index is 0.0517. The number of amides is 4. The molecule has 0 fully saturated rings. The highest BCUT2D eigenvalue weighted by Crippen LogP contribution is 2.27. The van der Waals surface area contributed by atoms with Gasteiger partial charge in [0.1, 0.15) is 6.04 Å². The Hall–Kier alpha value is -3.45. The fourth-order valence-corrected chi connectivity index (χ4v) is 2.11. The lowest BCUT2D eigenvalue weighted by atomic mass is 9.96. The van der Waals surface area contributed by atoms with E-state index in [1.807, 2.05) is 10.7 Å². The minimum atomic E-state index is -1.46. The predicted octanol–water partition coefficient (Wildman–Crippen LogP) is -2.85. The van der Waals surface area contributed by atoms with Crippen molar-refractivity contribution in [1.29, 1.82) is 0 Å². The fraction of sp³-hybridized carbons (Fsp3) is 0.357. The Morgan fingerprint density at radius 2 is 2.00 bits per heavy atom. The number of carboxylic acids is 1. The number of hydrogen-bond donors (Lipinski definition) is 7. The van der Waals surface area contributed by atoms with Crippen LogP contribution in [-0.4, -0.2) is 53.8 Å². The molecule has 2 atom stereocenters. The summed E-state index contributed by atoms with van der Waals surface area (Å²) in [5.74, 6) is -3.34. The number of aliphatic imine (C=N–C) groups is 1. The normalized spacial score (nSPS) is 19.4. The average Bonchev–Trinajstić information content (AvgIpc) is 2.57. The number of hydrogen-bond acceptors (Lipinski definition) is 7.